The van der Waals surface area contributed by atoms with Crippen LogP contribution < -0.4 is 10.1 Å². The molecule has 0 heterocycles. The van der Waals surface area contributed by atoms with Crippen LogP contribution in [0.1, 0.15) is 30.9 Å². The van der Waals surface area contributed by atoms with Crippen molar-refractivity contribution in [2.75, 3.05) is 7.11 Å². The van der Waals surface area contributed by atoms with Gasteiger partial charge in [0.05, 0.1) is 13.2 Å². The van der Waals surface area contributed by atoms with Crippen LogP contribution in [0, 0.1) is 0 Å². The molecule has 0 aromatic heterocycles. The third kappa shape index (κ3) is 8.72. The van der Waals surface area contributed by atoms with E-state index in [4.69, 9.17) is 9.47 Å². The Balaban J connectivity index is 2.02. The van der Waals surface area contributed by atoms with Gasteiger partial charge in [0.2, 0.25) is 0 Å². The summed E-state index contributed by atoms with van der Waals surface area (Å²) in [4.78, 5) is 35.7. The molecule has 8 heteroatoms. The minimum Gasteiger partial charge on any atom is -0.497 e. The van der Waals surface area contributed by atoms with Gasteiger partial charge in [0.15, 0.2) is 0 Å². The van der Waals surface area contributed by atoms with Crippen molar-refractivity contribution in [3.8, 4) is 5.75 Å². The molecule has 2 rings (SSSR count). The van der Waals surface area contributed by atoms with Crippen molar-refractivity contribution in [1.29, 1.82) is 0 Å². The topological polar surface area (TPSA) is 102 Å². The summed E-state index contributed by atoms with van der Waals surface area (Å²) in [7, 11) is 1.58. The summed E-state index contributed by atoms with van der Waals surface area (Å²) in [5.74, 6) is 0.00742. The molecule has 166 valence electrons. The quantitative estimate of drug-likeness (QED) is 0.508. The molecule has 2 aromatic carbocycles. The Morgan fingerprint density at radius 3 is 2.29 bits per heavy atom. The second-order valence-corrected chi connectivity index (χ2v) is 8.10. The number of carbonyl (C=O) groups is 3. The number of carboxylic acids is 1. The van der Waals surface area contributed by atoms with Crippen molar-refractivity contribution in [3.05, 3.63) is 65.7 Å². The minimum atomic E-state index is -1.06. The van der Waals surface area contributed by atoms with Crippen LogP contribution in [-0.2, 0) is 26.7 Å². The van der Waals surface area contributed by atoms with Crippen molar-refractivity contribution in [2.24, 2.45) is 0 Å². The van der Waals surface area contributed by atoms with Crippen LogP contribution in [0.4, 0.5) is 4.79 Å². The van der Waals surface area contributed by atoms with Gasteiger partial charge < -0.3 is 24.7 Å². The fourth-order valence-corrected chi connectivity index (χ4v) is 3.98. The van der Waals surface area contributed by atoms with Crippen molar-refractivity contribution >= 4 is 29.6 Å². The van der Waals surface area contributed by atoms with Gasteiger partial charge in [-0.05, 0) is 36.6 Å². The largest absolute Gasteiger partial charge is 0.497 e. The van der Waals surface area contributed by atoms with Gasteiger partial charge in [-0.3, -0.25) is 4.79 Å². The number of alkyl carbamates (subject to hydrolysis) is 1. The van der Waals surface area contributed by atoms with Crippen molar-refractivity contribution in [2.45, 2.75) is 43.4 Å². The maximum atomic E-state index is 12.3. The fraction of sp³-hybridized carbons (Fsp3) is 0.348. The standard InChI is InChI=1S/C23H27NO6S/c1-16(25)8-13-20(24-23(28)30-14-17-6-4-3-5-7-17)21(22(26)27)31-15-18-9-11-19(29-2)12-10-18/h3-7,9-12,20-21H,8,13-15H2,1-2H3,(H,24,28)(H,26,27)/t20-,21-/m1/s1. The van der Waals surface area contributed by atoms with Crippen molar-refractivity contribution in [3.63, 3.8) is 0 Å². The summed E-state index contributed by atoms with van der Waals surface area (Å²) in [5, 5.41) is 11.5. The third-order valence-corrected chi connectivity index (χ3v) is 5.91. The summed E-state index contributed by atoms with van der Waals surface area (Å²) in [5.41, 5.74) is 1.75. The van der Waals surface area contributed by atoms with E-state index in [2.05, 4.69) is 5.32 Å². The molecule has 31 heavy (non-hydrogen) atoms. The van der Waals surface area contributed by atoms with Gasteiger partial charge in [-0.15, -0.1) is 11.8 Å². The highest BCUT2D eigenvalue weighted by molar-refractivity contribution is 7.99. The first-order valence-electron chi connectivity index (χ1n) is 9.83. The number of rotatable bonds is 12. The van der Waals surface area contributed by atoms with E-state index in [0.29, 0.717) is 11.5 Å². The summed E-state index contributed by atoms with van der Waals surface area (Å²) >= 11 is 1.19. The van der Waals surface area contributed by atoms with Gasteiger partial charge in [-0.2, -0.15) is 0 Å². The lowest BCUT2D eigenvalue weighted by atomic mass is 10.1. The van der Waals surface area contributed by atoms with Crippen LogP contribution in [-0.4, -0.2) is 41.4 Å². The summed E-state index contributed by atoms with van der Waals surface area (Å²) < 4.78 is 10.4. The minimum absolute atomic E-state index is 0.0723. The van der Waals surface area contributed by atoms with E-state index in [9.17, 15) is 19.5 Å². The van der Waals surface area contributed by atoms with Gasteiger partial charge in [-0.1, -0.05) is 42.5 Å². The van der Waals surface area contributed by atoms with Gasteiger partial charge in [0, 0.05) is 12.2 Å². The monoisotopic (exact) mass is 445 g/mol. The Morgan fingerprint density at radius 1 is 1.03 bits per heavy atom. The number of amides is 1. The Hall–Kier alpha value is -3.00. The summed E-state index contributed by atoms with van der Waals surface area (Å²) in [6, 6.07) is 15.7. The maximum absolute atomic E-state index is 12.3. The molecular formula is C23H27NO6S. The van der Waals surface area contributed by atoms with E-state index in [-0.39, 0.29) is 25.2 Å². The molecule has 0 radical (unpaired) electrons. The number of benzene rings is 2. The van der Waals surface area contributed by atoms with Gasteiger partial charge >= 0.3 is 12.1 Å². The van der Waals surface area contributed by atoms with E-state index in [1.54, 1.807) is 19.2 Å². The molecule has 0 saturated heterocycles. The molecule has 0 aliphatic carbocycles. The predicted octanol–water partition coefficient (Wildman–Crippen LogP) is 4.05. The number of ether oxygens (including phenoxy) is 2. The number of methoxy groups -OCH3 is 1. The van der Waals surface area contributed by atoms with Crippen molar-refractivity contribution in [1.82, 2.24) is 5.32 Å². The molecule has 0 bridgehead atoms. The highest BCUT2D eigenvalue weighted by atomic mass is 32.2. The van der Waals surface area contributed by atoms with Crippen LogP contribution in [0.25, 0.3) is 0 Å². The highest BCUT2D eigenvalue weighted by Crippen LogP contribution is 2.24. The smallest absolute Gasteiger partial charge is 0.407 e. The Bertz CT molecular complexity index is 856. The van der Waals surface area contributed by atoms with Crippen LogP contribution in [0.2, 0.25) is 0 Å². The second kappa shape index (κ2) is 12.6. The zero-order valence-electron chi connectivity index (χ0n) is 17.6. The van der Waals surface area contributed by atoms with E-state index in [1.807, 2.05) is 42.5 Å². The lowest BCUT2D eigenvalue weighted by Gasteiger charge is -2.24. The maximum Gasteiger partial charge on any atom is 0.407 e. The van der Waals surface area contributed by atoms with E-state index >= 15 is 0 Å². The molecule has 7 nitrogen and oxygen atoms in total. The summed E-state index contributed by atoms with van der Waals surface area (Å²) in [6.45, 7) is 1.51. The number of hydrogen-bond acceptors (Lipinski definition) is 6. The molecule has 0 unspecified atom stereocenters. The average molecular weight is 446 g/mol. The zero-order valence-corrected chi connectivity index (χ0v) is 18.4. The number of carboxylic acid groups (broad SMARTS) is 1. The number of carbonyl (C=O) groups excluding carboxylic acids is 2. The van der Waals surface area contributed by atoms with Crippen molar-refractivity contribution < 1.29 is 29.0 Å². The SMILES string of the molecule is COc1ccc(CS[C@@H](C(=O)O)[C@@H](CCC(C)=O)NC(=O)OCc2ccccc2)cc1. The van der Waals surface area contributed by atoms with E-state index in [0.717, 1.165) is 11.1 Å². The predicted molar refractivity (Wildman–Crippen MR) is 119 cm³/mol. The normalized spacial score (nSPS) is 12.5. The Morgan fingerprint density at radius 2 is 1.71 bits per heavy atom. The number of aliphatic carboxylic acids is 1. The molecule has 0 aliphatic heterocycles. The third-order valence-electron chi connectivity index (χ3n) is 4.52. The van der Waals surface area contributed by atoms with Crippen LogP contribution >= 0.6 is 11.8 Å². The van der Waals surface area contributed by atoms with Crippen LogP contribution in [0.3, 0.4) is 0 Å². The first kappa shape index (κ1) is 24.3. The van der Waals surface area contributed by atoms with E-state index < -0.39 is 23.4 Å². The molecule has 0 aliphatic rings. The zero-order chi connectivity index (χ0) is 22.6. The molecule has 0 saturated carbocycles. The first-order valence-corrected chi connectivity index (χ1v) is 10.9. The molecule has 2 aromatic rings. The summed E-state index contributed by atoms with van der Waals surface area (Å²) in [6.07, 6.45) is -0.340. The molecule has 0 spiro atoms. The lowest BCUT2D eigenvalue weighted by molar-refractivity contribution is -0.137. The van der Waals surface area contributed by atoms with Gasteiger partial charge in [0.1, 0.15) is 23.4 Å². The lowest BCUT2D eigenvalue weighted by Crippen LogP contribution is -2.45. The van der Waals surface area contributed by atoms with E-state index in [1.165, 1.54) is 18.7 Å². The molecule has 1 amide bonds. The van der Waals surface area contributed by atoms with Crippen LogP contribution in [0.15, 0.2) is 54.6 Å². The average Bonchev–Trinajstić information content (AvgIpc) is 2.76. The number of Topliss-reactive ketones (excluding diaryl/α,β-unsaturated/α-hetero) is 1. The fourth-order valence-electron chi connectivity index (χ4n) is 2.84. The molecule has 0 fully saturated rings. The number of ketones is 1. The number of hydrogen-bond donors (Lipinski definition) is 2. The molecule has 2 atom stereocenters. The number of thioether (sulfide) groups is 1. The Labute approximate surface area is 186 Å². The van der Waals surface area contributed by atoms with Gasteiger partial charge in [0.25, 0.3) is 0 Å². The van der Waals surface area contributed by atoms with Gasteiger partial charge in [-0.25, -0.2) is 4.79 Å². The first-order chi connectivity index (χ1) is 14.9. The molecular weight excluding hydrogens is 418 g/mol. The van der Waals surface area contributed by atoms with Crippen LogP contribution in [0.5, 0.6) is 5.75 Å². The Kier molecular flexibility index (Phi) is 9.90. The molecule has 2 N–H and O–H groups in total. The number of nitrogens with one attached hydrogen (secondary N) is 1. The second-order valence-electron chi connectivity index (χ2n) is 6.97. The highest BCUT2D eigenvalue weighted by Gasteiger charge is 2.30.